The molecule has 0 aromatic carbocycles. The first-order valence-electron chi connectivity index (χ1n) is 2.94. The van der Waals surface area contributed by atoms with Crippen LogP contribution in [-0.4, -0.2) is 30.1 Å². The van der Waals surface area contributed by atoms with Gasteiger partial charge in [-0.3, -0.25) is 10.7 Å². The molecular formula is C5H10IN3O2. The zero-order valence-corrected chi connectivity index (χ0v) is 8.27. The number of nitrogens with one attached hydrogen (secondary N) is 3. The van der Waals surface area contributed by atoms with Crippen LogP contribution in [0.1, 0.15) is 0 Å². The molecule has 3 N–H and O–H groups in total. The van der Waals surface area contributed by atoms with Gasteiger partial charge in [-0.05, 0) is 0 Å². The van der Waals surface area contributed by atoms with E-state index < -0.39 is 6.03 Å². The number of rotatable bonds is 2. The fourth-order valence-corrected chi connectivity index (χ4v) is 0.629. The van der Waals surface area contributed by atoms with Gasteiger partial charge in [-0.25, -0.2) is 4.79 Å². The van der Waals surface area contributed by atoms with Gasteiger partial charge in [0.05, 0.1) is 7.11 Å². The van der Waals surface area contributed by atoms with Gasteiger partial charge in [-0.1, -0.05) is 22.6 Å². The third-order valence-corrected chi connectivity index (χ3v) is 1.35. The van der Waals surface area contributed by atoms with E-state index in [1.165, 1.54) is 7.11 Å². The lowest BCUT2D eigenvalue weighted by molar-refractivity contribution is 0.243. The van der Waals surface area contributed by atoms with E-state index in [-0.39, 0.29) is 6.02 Å². The van der Waals surface area contributed by atoms with E-state index in [1.807, 2.05) is 0 Å². The lowest BCUT2D eigenvalue weighted by Crippen LogP contribution is -2.40. The van der Waals surface area contributed by atoms with Crippen molar-refractivity contribution in [2.45, 2.75) is 0 Å². The van der Waals surface area contributed by atoms with Gasteiger partial charge in [0.15, 0.2) is 0 Å². The Morgan fingerprint density at radius 2 is 2.36 bits per heavy atom. The summed E-state index contributed by atoms with van der Waals surface area (Å²) < 4.78 is 5.25. The molecule has 0 fully saturated rings. The number of urea groups is 1. The Hall–Kier alpha value is -0.530. The zero-order chi connectivity index (χ0) is 8.69. The van der Waals surface area contributed by atoms with Gasteiger partial charge in [-0.15, -0.1) is 0 Å². The third kappa shape index (κ3) is 5.89. The Morgan fingerprint density at radius 1 is 1.73 bits per heavy atom. The van der Waals surface area contributed by atoms with Crippen LogP contribution in [0.4, 0.5) is 4.79 Å². The molecule has 0 aromatic rings. The minimum Gasteiger partial charge on any atom is -0.468 e. The number of amidine groups is 1. The van der Waals surface area contributed by atoms with Crippen LogP contribution >= 0.6 is 22.6 Å². The summed E-state index contributed by atoms with van der Waals surface area (Å²) in [5, 5.41) is 11.6. The van der Waals surface area contributed by atoms with Gasteiger partial charge in [-0.2, -0.15) is 0 Å². The van der Waals surface area contributed by atoms with Crippen molar-refractivity contribution >= 4 is 34.6 Å². The molecule has 0 saturated carbocycles. The number of carbonyl (C=O) groups excluding carboxylic acids is 1. The van der Waals surface area contributed by atoms with Crippen molar-refractivity contribution in [1.29, 1.82) is 5.41 Å². The average Bonchev–Trinajstić information content (AvgIpc) is 2.00. The number of hydrogen-bond acceptors (Lipinski definition) is 3. The molecule has 0 saturated heterocycles. The lowest BCUT2D eigenvalue weighted by Gasteiger charge is -2.04. The highest BCUT2D eigenvalue weighted by atomic mass is 127. The number of alkyl halides is 1. The first-order valence-corrected chi connectivity index (χ1v) is 4.46. The van der Waals surface area contributed by atoms with Gasteiger partial charge >= 0.3 is 6.03 Å². The van der Waals surface area contributed by atoms with Crippen LogP contribution < -0.4 is 10.6 Å². The molecule has 11 heavy (non-hydrogen) atoms. The monoisotopic (exact) mass is 271 g/mol. The van der Waals surface area contributed by atoms with Crippen LogP contribution in [0.15, 0.2) is 0 Å². The molecule has 0 aliphatic rings. The summed E-state index contributed by atoms with van der Waals surface area (Å²) in [5.41, 5.74) is 0. The zero-order valence-electron chi connectivity index (χ0n) is 6.11. The minimum absolute atomic E-state index is 0.254. The maximum Gasteiger partial charge on any atom is 0.322 e. The molecule has 0 spiro atoms. The molecule has 0 aliphatic carbocycles. The normalized spacial score (nSPS) is 8.55. The molecule has 0 bridgehead atoms. The summed E-state index contributed by atoms with van der Waals surface area (Å²) in [6, 6.07) is -0.663. The third-order valence-electron chi connectivity index (χ3n) is 0.811. The van der Waals surface area contributed by atoms with Crippen molar-refractivity contribution in [3.05, 3.63) is 0 Å². The summed E-state index contributed by atoms with van der Waals surface area (Å²) in [5.74, 6) is 0. The molecule has 2 amide bonds. The van der Waals surface area contributed by atoms with Crippen LogP contribution in [0.5, 0.6) is 0 Å². The highest BCUT2D eigenvalue weighted by Crippen LogP contribution is 1.76. The quantitative estimate of drug-likeness (QED) is 0.292. The van der Waals surface area contributed by atoms with Gasteiger partial charge in [0.2, 0.25) is 0 Å². The maximum atomic E-state index is 10.7. The van der Waals surface area contributed by atoms with E-state index in [1.54, 1.807) is 0 Å². The van der Waals surface area contributed by atoms with Gasteiger partial charge < -0.3 is 10.1 Å². The van der Waals surface area contributed by atoms with E-state index in [0.717, 1.165) is 4.43 Å². The number of amides is 2. The summed E-state index contributed by atoms with van der Waals surface area (Å²) in [4.78, 5) is 10.7. The molecule has 0 aromatic heterocycles. The fourth-order valence-electron chi connectivity index (χ4n) is 0.359. The topological polar surface area (TPSA) is 74.2 Å². The Balaban J connectivity index is 3.44. The molecule has 0 radical (unpaired) electrons. The molecule has 64 valence electrons. The number of halogens is 1. The van der Waals surface area contributed by atoms with Gasteiger partial charge in [0.25, 0.3) is 6.02 Å². The van der Waals surface area contributed by atoms with Crippen LogP contribution in [-0.2, 0) is 4.74 Å². The molecule has 0 heterocycles. The number of hydrogen-bond donors (Lipinski definition) is 3. The first-order chi connectivity index (χ1) is 5.20. The minimum atomic E-state index is -0.409. The van der Waals surface area contributed by atoms with Crippen molar-refractivity contribution in [1.82, 2.24) is 10.6 Å². The molecule has 0 aliphatic heterocycles. The van der Waals surface area contributed by atoms with Crippen LogP contribution in [0.3, 0.4) is 0 Å². The largest absolute Gasteiger partial charge is 0.468 e. The standard InChI is InChI=1S/C5H10IN3O2/c1-11-4(7)9-5(10)8-3-2-6/h2-3H2,1H3,(H3,7,8,9,10). The van der Waals surface area contributed by atoms with Crippen molar-refractivity contribution < 1.29 is 9.53 Å². The summed E-state index contributed by atoms with van der Waals surface area (Å²) in [7, 11) is 1.32. The molecule has 0 unspecified atom stereocenters. The Labute approximate surface area is 78.5 Å². The van der Waals surface area contributed by atoms with E-state index in [2.05, 4.69) is 38.0 Å². The van der Waals surface area contributed by atoms with E-state index in [0.29, 0.717) is 6.54 Å². The van der Waals surface area contributed by atoms with Crippen molar-refractivity contribution in [2.24, 2.45) is 0 Å². The second-order valence-corrected chi connectivity index (χ2v) is 2.68. The van der Waals surface area contributed by atoms with Gasteiger partial charge in [0.1, 0.15) is 0 Å². The maximum absolute atomic E-state index is 10.7. The number of ether oxygens (including phenoxy) is 1. The molecule has 5 nitrogen and oxygen atoms in total. The highest BCUT2D eigenvalue weighted by Gasteiger charge is 2.00. The Bertz CT molecular complexity index is 151. The Kier molecular flexibility index (Phi) is 5.90. The molecule has 0 atom stereocenters. The second kappa shape index (κ2) is 6.20. The Morgan fingerprint density at radius 3 is 2.82 bits per heavy atom. The predicted molar refractivity (Wildman–Crippen MR) is 50.2 cm³/mol. The van der Waals surface area contributed by atoms with Crippen LogP contribution in [0, 0.1) is 5.41 Å². The van der Waals surface area contributed by atoms with E-state index >= 15 is 0 Å². The van der Waals surface area contributed by atoms with E-state index in [4.69, 9.17) is 5.41 Å². The second-order valence-electron chi connectivity index (χ2n) is 1.60. The van der Waals surface area contributed by atoms with Crippen LogP contribution in [0.2, 0.25) is 0 Å². The average molecular weight is 271 g/mol. The summed E-state index contributed by atoms with van der Waals surface area (Å²) in [6.07, 6.45) is 0. The lowest BCUT2D eigenvalue weighted by atomic mass is 10.7. The van der Waals surface area contributed by atoms with Crippen molar-refractivity contribution in [2.75, 3.05) is 18.1 Å². The first kappa shape index (κ1) is 10.5. The van der Waals surface area contributed by atoms with E-state index in [9.17, 15) is 4.79 Å². The molecular weight excluding hydrogens is 261 g/mol. The summed E-state index contributed by atoms with van der Waals surface area (Å²) >= 11 is 2.14. The van der Waals surface area contributed by atoms with Gasteiger partial charge in [0, 0.05) is 11.0 Å². The predicted octanol–water partition coefficient (Wildman–Crippen LogP) is 0.302. The molecule has 6 heteroatoms. The highest BCUT2D eigenvalue weighted by molar-refractivity contribution is 14.1. The summed E-state index contributed by atoms with van der Waals surface area (Å²) in [6.45, 7) is 0.587. The fraction of sp³-hybridized carbons (Fsp3) is 0.600. The van der Waals surface area contributed by atoms with Crippen molar-refractivity contribution in [3.63, 3.8) is 0 Å². The molecule has 0 rings (SSSR count). The van der Waals surface area contributed by atoms with Crippen molar-refractivity contribution in [3.8, 4) is 0 Å². The van der Waals surface area contributed by atoms with Crippen LogP contribution in [0.25, 0.3) is 0 Å². The smallest absolute Gasteiger partial charge is 0.322 e. The number of methoxy groups -OCH3 is 1. The SMILES string of the molecule is COC(=N)NC(=O)NCCI. The number of carbonyl (C=O) groups is 1.